The third kappa shape index (κ3) is 6.17. The summed E-state index contributed by atoms with van der Waals surface area (Å²) in [7, 11) is 4.32. The number of rotatable bonds is 11. The number of hydrogen-bond acceptors (Lipinski definition) is 7. The summed E-state index contributed by atoms with van der Waals surface area (Å²) in [5.74, 6) is 0.0521. The van der Waals surface area contributed by atoms with Crippen molar-refractivity contribution in [2.24, 2.45) is 0 Å². The molecule has 0 spiro atoms. The summed E-state index contributed by atoms with van der Waals surface area (Å²) in [5, 5.41) is 9.46. The summed E-state index contributed by atoms with van der Waals surface area (Å²) >= 11 is 6.25. The minimum absolute atomic E-state index is 0.0803. The number of halogens is 1. The molecule has 1 aromatic rings. The number of carbonyl (C=O) groups is 1. The number of allylic oxidation sites excluding steroid dienone is 1. The summed E-state index contributed by atoms with van der Waals surface area (Å²) in [6.45, 7) is 2.37. The average Bonchev–Trinajstić information content (AvgIpc) is 2.65. The van der Waals surface area contributed by atoms with Crippen LogP contribution in [0.3, 0.4) is 0 Å². The normalized spacial score (nSPS) is 11.4. The van der Waals surface area contributed by atoms with Crippen LogP contribution in [0.1, 0.15) is 22.8 Å². The zero-order valence-corrected chi connectivity index (χ0v) is 16.2. The molecule has 0 unspecified atom stereocenters. The van der Waals surface area contributed by atoms with Crippen molar-refractivity contribution in [1.82, 2.24) is 0 Å². The van der Waals surface area contributed by atoms with Gasteiger partial charge in [-0.05, 0) is 19.4 Å². The third-order valence-corrected chi connectivity index (χ3v) is 3.79. The Morgan fingerprint density at radius 2 is 1.96 bits per heavy atom. The van der Waals surface area contributed by atoms with Gasteiger partial charge in [-0.1, -0.05) is 23.3 Å². The first-order chi connectivity index (χ1) is 12.5. The SMILES string of the molecule is COCCOCOc1c(C(=O)OC)cc(Cl)c(OC)c1C/C=C(\C)CO. The molecule has 0 saturated carbocycles. The van der Waals surface area contributed by atoms with Gasteiger partial charge in [0.25, 0.3) is 0 Å². The molecule has 0 aliphatic carbocycles. The van der Waals surface area contributed by atoms with Crippen LogP contribution in [0.4, 0.5) is 0 Å². The largest absolute Gasteiger partial charge is 0.495 e. The van der Waals surface area contributed by atoms with Gasteiger partial charge in [0, 0.05) is 12.7 Å². The maximum atomic E-state index is 12.1. The smallest absolute Gasteiger partial charge is 0.341 e. The van der Waals surface area contributed by atoms with Crippen LogP contribution in [-0.4, -0.2) is 59.0 Å². The molecule has 0 radical (unpaired) electrons. The van der Waals surface area contributed by atoms with E-state index >= 15 is 0 Å². The Hall–Kier alpha value is -1.80. The Bertz CT molecular complexity index is 628. The van der Waals surface area contributed by atoms with Crippen LogP contribution in [0, 0.1) is 0 Å². The van der Waals surface area contributed by atoms with E-state index in [1.165, 1.54) is 20.3 Å². The first kappa shape index (κ1) is 22.2. The number of aliphatic hydroxyl groups is 1. The summed E-state index contributed by atoms with van der Waals surface area (Å²) in [6.07, 6.45) is 2.14. The number of methoxy groups -OCH3 is 3. The molecule has 1 rings (SSSR count). The minimum Gasteiger partial charge on any atom is -0.495 e. The molecule has 0 saturated heterocycles. The fraction of sp³-hybridized carbons (Fsp3) is 0.500. The molecular formula is C18H25ClO7. The molecule has 1 N–H and O–H groups in total. The zero-order chi connectivity index (χ0) is 19.5. The molecule has 8 heteroatoms. The predicted octanol–water partition coefficient (Wildman–Crippen LogP) is 2.62. The van der Waals surface area contributed by atoms with Gasteiger partial charge in [0.15, 0.2) is 6.79 Å². The number of aliphatic hydroxyl groups excluding tert-OH is 1. The summed E-state index contributed by atoms with van der Waals surface area (Å²) < 4.78 is 26.1. The highest BCUT2D eigenvalue weighted by molar-refractivity contribution is 6.32. The number of carbonyl (C=O) groups excluding carboxylic acids is 1. The number of esters is 1. The molecule has 0 bridgehead atoms. The maximum Gasteiger partial charge on any atom is 0.341 e. The maximum absolute atomic E-state index is 12.1. The monoisotopic (exact) mass is 388 g/mol. The number of benzene rings is 1. The second-order valence-electron chi connectivity index (χ2n) is 5.31. The number of ether oxygens (including phenoxy) is 5. The molecule has 1 aromatic carbocycles. The predicted molar refractivity (Wildman–Crippen MR) is 97.2 cm³/mol. The van der Waals surface area contributed by atoms with E-state index in [4.69, 9.17) is 35.3 Å². The summed E-state index contributed by atoms with van der Waals surface area (Å²) in [5.41, 5.74) is 1.48. The van der Waals surface area contributed by atoms with Crippen LogP contribution in [0.5, 0.6) is 11.5 Å². The van der Waals surface area contributed by atoms with Crippen molar-refractivity contribution in [3.63, 3.8) is 0 Å². The highest BCUT2D eigenvalue weighted by Crippen LogP contribution is 2.39. The molecule has 0 fully saturated rings. The van der Waals surface area contributed by atoms with Gasteiger partial charge in [-0.15, -0.1) is 0 Å². The van der Waals surface area contributed by atoms with Crippen molar-refractivity contribution in [1.29, 1.82) is 0 Å². The first-order valence-corrected chi connectivity index (χ1v) is 8.31. The van der Waals surface area contributed by atoms with Gasteiger partial charge in [0.2, 0.25) is 0 Å². The standard InChI is InChI=1S/C18H25ClO7/c1-12(10-20)5-6-13-16(26-11-25-8-7-22-2)14(18(21)24-4)9-15(19)17(13)23-3/h5,9,20H,6-8,10-11H2,1-4H3/b12-5+. The Balaban J connectivity index is 3.29. The van der Waals surface area contributed by atoms with Crippen LogP contribution >= 0.6 is 11.6 Å². The van der Waals surface area contributed by atoms with E-state index in [2.05, 4.69) is 0 Å². The molecule has 7 nitrogen and oxygen atoms in total. The number of hydrogen-bond donors (Lipinski definition) is 1. The fourth-order valence-electron chi connectivity index (χ4n) is 2.14. The Labute approximate surface area is 158 Å². The van der Waals surface area contributed by atoms with Gasteiger partial charge in [0.05, 0.1) is 39.1 Å². The van der Waals surface area contributed by atoms with Crippen LogP contribution in [-0.2, 0) is 20.6 Å². The van der Waals surface area contributed by atoms with Crippen LogP contribution < -0.4 is 9.47 Å². The van der Waals surface area contributed by atoms with Gasteiger partial charge >= 0.3 is 5.97 Å². The molecule has 0 aromatic heterocycles. The van der Waals surface area contributed by atoms with Crippen LogP contribution in [0.25, 0.3) is 0 Å². The molecule has 0 amide bonds. The van der Waals surface area contributed by atoms with Crippen molar-refractivity contribution in [3.05, 3.63) is 33.9 Å². The molecule has 0 atom stereocenters. The van der Waals surface area contributed by atoms with Crippen molar-refractivity contribution in [2.75, 3.05) is 47.9 Å². The van der Waals surface area contributed by atoms with E-state index in [1.54, 1.807) is 20.1 Å². The van der Waals surface area contributed by atoms with Gasteiger partial charge in [0.1, 0.15) is 17.1 Å². The lowest BCUT2D eigenvalue weighted by atomic mass is 10.0. The minimum atomic E-state index is -0.592. The van der Waals surface area contributed by atoms with Gasteiger partial charge < -0.3 is 28.8 Å². The zero-order valence-electron chi connectivity index (χ0n) is 15.5. The molecule has 0 aliphatic rings. The van der Waals surface area contributed by atoms with Gasteiger partial charge in [-0.3, -0.25) is 0 Å². The van der Waals surface area contributed by atoms with Gasteiger partial charge in [-0.25, -0.2) is 4.79 Å². The lowest BCUT2D eigenvalue weighted by Crippen LogP contribution is -2.13. The van der Waals surface area contributed by atoms with E-state index in [0.717, 1.165) is 5.57 Å². The van der Waals surface area contributed by atoms with E-state index in [-0.39, 0.29) is 29.7 Å². The van der Waals surface area contributed by atoms with E-state index < -0.39 is 5.97 Å². The van der Waals surface area contributed by atoms with E-state index in [1.807, 2.05) is 0 Å². The quantitative estimate of drug-likeness (QED) is 0.270. The van der Waals surface area contributed by atoms with Gasteiger partial charge in [-0.2, -0.15) is 0 Å². The average molecular weight is 389 g/mol. The van der Waals surface area contributed by atoms with Crippen LogP contribution in [0.2, 0.25) is 5.02 Å². The lowest BCUT2D eigenvalue weighted by molar-refractivity contribution is -0.00951. The molecule has 146 valence electrons. The Kier molecular flexibility index (Phi) is 10.0. The molecule has 26 heavy (non-hydrogen) atoms. The lowest BCUT2D eigenvalue weighted by Gasteiger charge is -2.18. The van der Waals surface area contributed by atoms with Crippen LogP contribution in [0.15, 0.2) is 17.7 Å². The third-order valence-electron chi connectivity index (χ3n) is 3.51. The fourth-order valence-corrected chi connectivity index (χ4v) is 2.44. The second kappa shape index (κ2) is 11.7. The summed E-state index contributed by atoms with van der Waals surface area (Å²) in [4.78, 5) is 12.1. The Morgan fingerprint density at radius 1 is 1.23 bits per heavy atom. The topological polar surface area (TPSA) is 83.5 Å². The van der Waals surface area contributed by atoms with Crippen molar-refractivity contribution >= 4 is 17.6 Å². The van der Waals surface area contributed by atoms with E-state index in [0.29, 0.717) is 30.9 Å². The highest BCUT2D eigenvalue weighted by Gasteiger charge is 2.23. The Morgan fingerprint density at radius 3 is 2.54 bits per heavy atom. The molecule has 0 aliphatic heterocycles. The molecule has 0 heterocycles. The first-order valence-electron chi connectivity index (χ1n) is 7.93. The van der Waals surface area contributed by atoms with Crippen molar-refractivity contribution in [2.45, 2.75) is 13.3 Å². The molecular weight excluding hydrogens is 364 g/mol. The second-order valence-corrected chi connectivity index (χ2v) is 5.72. The van der Waals surface area contributed by atoms with Crippen molar-refractivity contribution in [3.8, 4) is 11.5 Å². The van der Waals surface area contributed by atoms with E-state index in [9.17, 15) is 9.90 Å². The van der Waals surface area contributed by atoms with Crippen molar-refractivity contribution < 1.29 is 33.6 Å². The summed E-state index contributed by atoms with van der Waals surface area (Å²) in [6, 6.07) is 1.43. The highest BCUT2D eigenvalue weighted by atomic mass is 35.5.